The molecule has 3 nitrogen and oxygen atoms in total. The van der Waals surface area contributed by atoms with E-state index in [0.717, 1.165) is 54.4 Å². The Bertz CT molecular complexity index is 2810. The average molecular weight is 622 g/mol. The molecule has 214 valence electrons. The Kier molecular flexibility index (Phi) is 5.61. The number of para-hydroxylation sites is 1. The van der Waals surface area contributed by atoms with E-state index in [1.807, 2.05) is 11.3 Å². The van der Waals surface area contributed by atoms with Gasteiger partial charge in [-0.15, -0.1) is 22.7 Å². The minimum atomic E-state index is 0.648. The fraction of sp³-hybridized carbons (Fsp3) is 0. The summed E-state index contributed by atoms with van der Waals surface area (Å²) in [6.45, 7) is 0. The van der Waals surface area contributed by atoms with Crippen LogP contribution in [-0.4, -0.2) is 15.0 Å². The van der Waals surface area contributed by atoms with Gasteiger partial charge in [-0.25, -0.2) is 15.0 Å². The van der Waals surface area contributed by atoms with E-state index in [2.05, 4.69) is 140 Å². The summed E-state index contributed by atoms with van der Waals surface area (Å²) in [5.41, 5.74) is 7.07. The highest BCUT2D eigenvalue weighted by Crippen LogP contribution is 2.45. The lowest BCUT2D eigenvalue weighted by molar-refractivity contribution is 1.21. The lowest BCUT2D eigenvalue weighted by Crippen LogP contribution is -1.98. The van der Waals surface area contributed by atoms with Crippen LogP contribution in [-0.2, 0) is 0 Å². The van der Waals surface area contributed by atoms with Crippen LogP contribution in [0.5, 0.6) is 0 Å². The van der Waals surface area contributed by atoms with E-state index in [-0.39, 0.29) is 0 Å². The number of fused-ring (bicyclic) bond motifs is 10. The van der Waals surface area contributed by atoms with E-state index < -0.39 is 0 Å². The fourth-order valence-electron chi connectivity index (χ4n) is 6.79. The van der Waals surface area contributed by atoms with Gasteiger partial charge in [0.1, 0.15) is 5.69 Å². The number of nitrogens with zero attached hydrogens (tertiary/aromatic N) is 3. The molecule has 10 rings (SSSR count). The summed E-state index contributed by atoms with van der Waals surface area (Å²) in [7, 11) is 0. The second kappa shape index (κ2) is 10.0. The van der Waals surface area contributed by atoms with Crippen LogP contribution < -0.4 is 0 Å². The fourth-order valence-corrected chi connectivity index (χ4v) is 9.06. The van der Waals surface area contributed by atoms with Gasteiger partial charge >= 0.3 is 0 Å². The predicted molar refractivity (Wildman–Crippen MR) is 197 cm³/mol. The molecular weight excluding hydrogens is 599 g/mol. The van der Waals surface area contributed by atoms with Gasteiger partial charge in [0.05, 0.1) is 21.4 Å². The Morgan fingerprint density at radius 3 is 1.96 bits per heavy atom. The van der Waals surface area contributed by atoms with E-state index in [9.17, 15) is 0 Å². The number of pyridine rings is 1. The minimum absolute atomic E-state index is 0.648. The van der Waals surface area contributed by atoms with E-state index in [1.165, 1.54) is 35.8 Å². The highest BCUT2D eigenvalue weighted by Gasteiger charge is 2.22. The van der Waals surface area contributed by atoms with Gasteiger partial charge in [-0.3, -0.25) is 0 Å². The number of hydrogen-bond acceptors (Lipinski definition) is 5. The molecule has 6 aromatic carbocycles. The Morgan fingerprint density at radius 2 is 1.09 bits per heavy atom. The Hall–Kier alpha value is -5.49. The largest absolute Gasteiger partial charge is 0.244 e. The van der Waals surface area contributed by atoms with Gasteiger partial charge < -0.3 is 0 Å². The zero-order chi connectivity index (χ0) is 30.2. The average Bonchev–Trinajstić information content (AvgIpc) is 3.70. The van der Waals surface area contributed by atoms with Gasteiger partial charge in [0, 0.05) is 46.6 Å². The third kappa shape index (κ3) is 3.86. The van der Waals surface area contributed by atoms with Crippen LogP contribution in [0.2, 0.25) is 0 Å². The third-order valence-corrected chi connectivity index (χ3v) is 11.2. The van der Waals surface area contributed by atoms with Crippen molar-refractivity contribution in [2.45, 2.75) is 0 Å². The molecule has 0 aliphatic rings. The first-order valence-electron chi connectivity index (χ1n) is 15.3. The standard InChI is InChI=1S/C41H23N3S2/c1-2-11-24(12-3-1)25-13-10-14-26(23-25)37-40-38(30-17-6-9-20-33(30)46-40)44-41(43-37)39-36-28(27-15-4-7-18-31(27)42-39)21-22-34-35(36)29-16-5-8-19-32(29)45-34/h1-23H. The molecule has 0 radical (unpaired) electrons. The van der Waals surface area contributed by atoms with Crippen molar-refractivity contribution in [1.29, 1.82) is 0 Å². The monoisotopic (exact) mass is 621 g/mol. The van der Waals surface area contributed by atoms with E-state index in [1.54, 1.807) is 11.3 Å². The molecule has 4 heterocycles. The molecule has 5 heteroatoms. The van der Waals surface area contributed by atoms with Crippen molar-refractivity contribution < 1.29 is 0 Å². The first-order valence-corrected chi connectivity index (χ1v) is 16.9. The zero-order valence-electron chi connectivity index (χ0n) is 24.4. The molecule has 0 unspecified atom stereocenters. The predicted octanol–water partition coefficient (Wildman–Crippen LogP) is 11.9. The molecular formula is C41H23N3S2. The summed E-state index contributed by atoms with van der Waals surface area (Å²) in [4.78, 5) is 16.2. The van der Waals surface area contributed by atoms with E-state index in [0.29, 0.717) is 5.82 Å². The first-order chi connectivity index (χ1) is 22.8. The third-order valence-electron chi connectivity index (χ3n) is 8.88. The van der Waals surface area contributed by atoms with Crippen molar-refractivity contribution >= 4 is 84.8 Å². The zero-order valence-corrected chi connectivity index (χ0v) is 26.1. The molecule has 0 bridgehead atoms. The number of hydrogen-bond donors (Lipinski definition) is 0. The Balaban J connectivity index is 1.35. The lowest BCUT2D eigenvalue weighted by Gasteiger charge is -2.13. The molecule has 0 saturated carbocycles. The van der Waals surface area contributed by atoms with Crippen molar-refractivity contribution in [1.82, 2.24) is 15.0 Å². The van der Waals surface area contributed by atoms with Gasteiger partial charge in [0.2, 0.25) is 0 Å². The van der Waals surface area contributed by atoms with Gasteiger partial charge in [-0.2, -0.15) is 0 Å². The first kappa shape index (κ1) is 25.8. The minimum Gasteiger partial charge on any atom is -0.244 e. The second-order valence-electron chi connectivity index (χ2n) is 11.6. The van der Waals surface area contributed by atoms with Crippen LogP contribution in [0.25, 0.3) is 96.1 Å². The van der Waals surface area contributed by atoms with E-state index in [4.69, 9.17) is 15.0 Å². The summed E-state index contributed by atoms with van der Waals surface area (Å²) in [5.74, 6) is 0.648. The van der Waals surface area contributed by atoms with Crippen LogP contribution >= 0.6 is 22.7 Å². The van der Waals surface area contributed by atoms with Gasteiger partial charge in [-0.05, 0) is 46.8 Å². The molecule has 0 spiro atoms. The van der Waals surface area contributed by atoms with Gasteiger partial charge in [0.15, 0.2) is 5.82 Å². The van der Waals surface area contributed by atoms with Crippen LogP contribution in [0.15, 0.2) is 140 Å². The number of rotatable bonds is 3. The molecule has 4 aromatic heterocycles. The number of aromatic nitrogens is 3. The highest BCUT2D eigenvalue weighted by molar-refractivity contribution is 7.26. The second-order valence-corrected chi connectivity index (χ2v) is 13.7. The molecule has 0 aliphatic carbocycles. The normalized spacial score (nSPS) is 11.9. The molecule has 0 atom stereocenters. The maximum absolute atomic E-state index is 5.44. The summed E-state index contributed by atoms with van der Waals surface area (Å²) in [6, 6.07) is 49.4. The van der Waals surface area contributed by atoms with Crippen LogP contribution in [0, 0.1) is 0 Å². The summed E-state index contributed by atoms with van der Waals surface area (Å²) >= 11 is 3.58. The topological polar surface area (TPSA) is 38.7 Å². The van der Waals surface area contributed by atoms with Crippen molar-refractivity contribution in [3.05, 3.63) is 140 Å². The Morgan fingerprint density at radius 1 is 0.391 bits per heavy atom. The summed E-state index contributed by atoms with van der Waals surface area (Å²) in [5, 5.41) is 7.01. The summed E-state index contributed by atoms with van der Waals surface area (Å²) in [6.07, 6.45) is 0. The van der Waals surface area contributed by atoms with E-state index >= 15 is 0 Å². The molecule has 0 amide bonds. The quantitative estimate of drug-likeness (QED) is 0.184. The molecule has 0 fully saturated rings. The number of thiophene rings is 2. The molecule has 46 heavy (non-hydrogen) atoms. The number of benzene rings is 6. The Labute approximate surface area is 272 Å². The van der Waals surface area contributed by atoms with Crippen molar-refractivity contribution in [2.75, 3.05) is 0 Å². The lowest BCUT2D eigenvalue weighted by atomic mass is 9.98. The van der Waals surface area contributed by atoms with Gasteiger partial charge in [-0.1, -0.05) is 109 Å². The molecule has 0 N–H and O–H groups in total. The smallest absolute Gasteiger partial charge is 0.180 e. The summed E-state index contributed by atoms with van der Waals surface area (Å²) < 4.78 is 4.80. The maximum atomic E-state index is 5.44. The maximum Gasteiger partial charge on any atom is 0.180 e. The van der Waals surface area contributed by atoms with Crippen molar-refractivity contribution in [2.24, 2.45) is 0 Å². The van der Waals surface area contributed by atoms with Gasteiger partial charge in [0.25, 0.3) is 0 Å². The van der Waals surface area contributed by atoms with Crippen LogP contribution in [0.3, 0.4) is 0 Å². The highest BCUT2D eigenvalue weighted by atomic mass is 32.1. The SMILES string of the molecule is c1ccc(-c2cccc(-c3nc(-c4nc5ccccc5c5ccc6sc7ccccc7c6c45)nc4c3sc3ccccc34)c2)cc1. The van der Waals surface area contributed by atoms with Crippen molar-refractivity contribution in [3.8, 4) is 33.9 Å². The van der Waals surface area contributed by atoms with Crippen LogP contribution in [0.1, 0.15) is 0 Å². The molecule has 10 aromatic rings. The molecule has 0 aliphatic heterocycles. The molecule has 0 saturated heterocycles. The van der Waals surface area contributed by atoms with Crippen molar-refractivity contribution in [3.63, 3.8) is 0 Å². The van der Waals surface area contributed by atoms with Crippen LogP contribution in [0.4, 0.5) is 0 Å².